The number of fused-ring (bicyclic) bond motifs is 1. The molecular formula is C27H37F2NO3Si. The maximum absolute atomic E-state index is 14.2. The average molecular weight is 490 g/mol. The molecule has 3 atom stereocenters. The van der Waals surface area contributed by atoms with Crippen LogP contribution in [-0.4, -0.2) is 19.3 Å². The topological polar surface area (TPSA) is 48.4 Å². The van der Waals surface area contributed by atoms with E-state index >= 15 is 0 Å². The molecule has 1 heterocycles. The second-order valence-electron chi connectivity index (χ2n) is 10.3. The Morgan fingerprint density at radius 2 is 1.59 bits per heavy atom. The molecule has 186 valence electrons. The van der Waals surface area contributed by atoms with Crippen molar-refractivity contribution in [2.75, 3.05) is 0 Å². The van der Waals surface area contributed by atoms with Gasteiger partial charge in [-0.2, -0.15) is 0 Å². The first-order valence-electron chi connectivity index (χ1n) is 12.2. The molecule has 3 rings (SSSR count). The van der Waals surface area contributed by atoms with Crippen molar-refractivity contribution in [2.45, 2.75) is 96.1 Å². The van der Waals surface area contributed by atoms with Crippen LogP contribution in [0.5, 0.6) is 0 Å². The summed E-state index contributed by atoms with van der Waals surface area (Å²) in [7, 11) is -2.25. The van der Waals surface area contributed by atoms with Crippen LogP contribution in [0.2, 0.25) is 16.6 Å². The SMILES string of the molecule is CC(=O)O[C@@H]1c2cccnc2[C@H](O[Si](C(C)C)(C(C)C)C(C)C)CC[C@@H]1c1cc(F)cc(F)c1. The summed E-state index contributed by atoms with van der Waals surface area (Å²) < 4.78 is 41.3. The quantitative estimate of drug-likeness (QED) is 0.226. The van der Waals surface area contributed by atoms with E-state index in [2.05, 4.69) is 41.5 Å². The second kappa shape index (κ2) is 10.6. The number of ether oxygens (including phenoxy) is 1. The Labute approximate surface area is 203 Å². The third-order valence-corrected chi connectivity index (χ3v) is 13.4. The van der Waals surface area contributed by atoms with Crippen molar-refractivity contribution in [3.63, 3.8) is 0 Å². The molecule has 7 heteroatoms. The number of benzene rings is 1. The van der Waals surface area contributed by atoms with Gasteiger partial charge in [0.1, 0.15) is 17.7 Å². The minimum absolute atomic E-state index is 0.281. The Morgan fingerprint density at radius 3 is 2.12 bits per heavy atom. The zero-order chi connectivity index (χ0) is 25.2. The van der Waals surface area contributed by atoms with Gasteiger partial charge in [0.2, 0.25) is 8.32 Å². The van der Waals surface area contributed by atoms with Gasteiger partial charge in [-0.05, 0) is 53.2 Å². The normalized spacial score (nSPS) is 21.0. The van der Waals surface area contributed by atoms with Crippen molar-refractivity contribution in [3.8, 4) is 0 Å². The van der Waals surface area contributed by atoms with Crippen molar-refractivity contribution in [1.82, 2.24) is 4.98 Å². The van der Waals surface area contributed by atoms with Crippen LogP contribution in [0.1, 0.15) is 96.3 Å². The van der Waals surface area contributed by atoms with Crippen molar-refractivity contribution < 1.29 is 22.7 Å². The fourth-order valence-corrected chi connectivity index (χ4v) is 11.5. The second-order valence-corrected chi connectivity index (χ2v) is 15.7. The monoisotopic (exact) mass is 489 g/mol. The minimum atomic E-state index is -2.25. The van der Waals surface area contributed by atoms with E-state index in [-0.39, 0.29) is 6.10 Å². The van der Waals surface area contributed by atoms with Crippen LogP contribution in [0, 0.1) is 11.6 Å². The number of nitrogens with zero attached hydrogens (tertiary/aromatic N) is 1. The van der Waals surface area contributed by atoms with Gasteiger partial charge in [-0.25, -0.2) is 8.78 Å². The first kappa shape index (κ1) is 26.5. The fourth-order valence-electron chi connectivity index (χ4n) is 6.00. The Kier molecular flexibility index (Phi) is 8.29. The molecule has 2 aromatic rings. The molecule has 0 aliphatic heterocycles. The number of rotatable bonds is 7. The Morgan fingerprint density at radius 1 is 1.00 bits per heavy atom. The van der Waals surface area contributed by atoms with Gasteiger partial charge in [-0.1, -0.05) is 47.6 Å². The van der Waals surface area contributed by atoms with Crippen LogP contribution >= 0.6 is 0 Å². The summed E-state index contributed by atoms with van der Waals surface area (Å²) in [5, 5.41) is 0. The predicted octanol–water partition coefficient (Wildman–Crippen LogP) is 7.77. The largest absolute Gasteiger partial charge is 0.457 e. The van der Waals surface area contributed by atoms with Crippen LogP contribution in [0.4, 0.5) is 8.78 Å². The summed E-state index contributed by atoms with van der Waals surface area (Å²) in [5.74, 6) is -2.16. The number of esters is 1. The maximum atomic E-state index is 14.2. The first-order chi connectivity index (χ1) is 16.0. The summed E-state index contributed by atoms with van der Waals surface area (Å²) >= 11 is 0. The molecule has 1 aliphatic rings. The highest BCUT2D eigenvalue weighted by Gasteiger charge is 2.48. The van der Waals surface area contributed by atoms with Crippen LogP contribution < -0.4 is 0 Å². The Hall–Kier alpha value is -2.12. The molecule has 0 N–H and O–H groups in total. The van der Waals surface area contributed by atoms with Crippen LogP contribution in [0.3, 0.4) is 0 Å². The number of hydrogen-bond acceptors (Lipinski definition) is 4. The van der Waals surface area contributed by atoms with Gasteiger partial charge < -0.3 is 9.16 Å². The molecule has 0 unspecified atom stereocenters. The number of aromatic nitrogens is 1. The van der Waals surface area contributed by atoms with Gasteiger partial charge in [-0.15, -0.1) is 0 Å². The van der Waals surface area contributed by atoms with E-state index in [1.807, 2.05) is 6.07 Å². The van der Waals surface area contributed by atoms with Crippen LogP contribution in [-0.2, 0) is 14.0 Å². The molecular weight excluding hydrogens is 452 g/mol. The lowest BCUT2D eigenvalue weighted by Crippen LogP contribution is -2.48. The van der Waals surface area contributed by atoms with E-state index in [9.17, 15) is 13.6 Å². The highest BCUT2D eigenvalue weighted by molar-refractivity contribution is 6.77. The lowest BCUT2D eigenvalue weighted by molar-refractivity contribution is -0.148. The van der Waals surface area contributed by atoms with Crippen molar-refractivity contribution in [1.29, 1.82) is 0 Å². The smallest absolute Gasteiger partial charge is 0.303 e. The Balaban J connectivity index is 2.14. The molecule has 1 aromatic heterocycles. The van der Waals surface area contributed by atoms with E-state index in [0.29, 0.717) is 35.0 Å². The van der Waals surface area contributed by atoms with Gasteiger partial charge in [0.25, 0.3) is 0 Å². The number of pyridine rings is 1. The van der Waals surface area contributed by atoms with Gasteiger partial charge in [0.05, 0.1) is 11.8 Å². The third kappa shape index (κ3) is 5.25. The van der Waals surface area contributed by atoms with Crippen molar-refractivity contribution in [2.24, 2.45) is 0 Å². The number of carbonyl (C=O) groups excluding carboxylic acids is 1. The van der Waals surface area contributed by atoms with Crippen LogP contribution in [0.15, 0.2) is 36.5 Å². The van der Waals surface area contributed by atoms with E-state index in [1.54, 1.807) is 12.3 Å². The highest BCUT2D eigenvalue weighted by atomic mass is 28.4. The van der Waals surface area contributed by atoms with Gasteiger partial charge in [0, 0.05) is 30.7 Å². The van der Waals surface area contributed by atoms with Gasteiger partial charge >= 0.3 is 5.97 Å². The third-order valence-electron chi connectivity index (χ3n) is 7.25. The number of hydrogen-bond donors (Lipinski definition) is 0. The number of carbonyl (C=O) groups is 1. The Bertz CT molecular complexity index is 969. The highest BCUT2D eigenvalue weighted by Crippen LogP contribution is 2.50. The summed E-state index contributed by atoms with van der Waals surface area (Å²) in [4.78, 5) is 16.8. The molecule has 0 amide bonds. The van der Waals surface area contributed by atoms with E-state index in [1.165, 1.54) is 19.1 Å². The van der Waals surface area contributed by atoms with E-state index < -0.39 is 37.9 Å². The summed E-state index contributed by atoms with van der Waals surface area (Å²) in [5.41, 5.74) is 3.14. The molecule has 4 nitrogen and oxygen atoms in total. The average Bonchev–Trinajstić information content (AvgIpc) is 2.87. The lowest BCUT2D eigenvalue weighted by atomic mass is 9.87. The van der Waals surface area contributed by atoms with Gasteiger partial charge in [0.15, 0.2) is 0 Å². The summed E-state index contributed by atoms with van der Waals surface area (Å²) in [6, 6.07) is 7.21. The first-order valence-corrected chi connectivity index (χ1v) is 14.4. The van der Waals surface area contributed by atoms with Gasteiger partial charge in [-0.3, -0.25) is 9.78 Å². The number of halogens is 2. The summed E-state index contributed by atoms with van der Waals surface area (Å²) in [6.07, 6.45) is 1.90. The molecule has 0 saturated carbocycles. The maximum Gasteiger partial charge on any atom is 0.303 e. The molecule has 0 radical (unpaired) electrons. The molecule has 1 aromatic carbocycles. The van der Waals surface area contributed by atoms with E-state index in [4.69, 9.17) is 14.1 Å². The molecule has 0 spiro atoms. The molecule has 34 heavy (non-hydrogen) atoms. The zero-order valence-corrected chi connectivity index (χ0v) is 22.3. The predicted molar refractivity (Wildman–Crippen MR) is 132 cm³/mol. The standard InChI is InChI=1S/C27H37F2NO3Si/c1-16(2)34(17(3)4,18(5)6)33-25-11-10-23(20-13-21(28)15-22(29)14-20)27(32-19(7)31)24-9-8-12-30-26(24)25/h8-9,12-18,23,25,27H,10-11H2,1-7H3/t23-,25-,27+/m1/s1. The molecule has 1 aliphatic carbocycles. The van der Waals surface area contributed by atoms with E-state index in [0.717, 1.165) is 17.3 Å². The lowest BCUT2D eigenvalue weighted by Gasteiger charge is -2.44. The van der Waals surface area contributed by atoms with Crippen molar-refractivity contribution in [3.05, 3.63) is 65.0 Å². The minimum Gasteiger partial charge on any atom is -0.457 e. The molecule has 0 fully saturated rings. The molecule has 0 bridgehead atoms. The fraction of sp³-hybridized carbons (Fsp3) is 0.556. The van der Waals surface area contributed by atoms with Crippen molar-refractivity contribution >= 4 is 14.3 Å². The molecule has 0 saturated heterocycles. The zero-order valence-electron chi connectivity index (χ0n) is 21.3. The summed E-state index contributed by atoms with van der Waals surface area (Å²) in [6.45, 7) is 14.8. The van der Waals surface area contributed by atoms with Crippen LogP contribution in [0.25, 0.3) is 0 Å².